The van der Waals surface area contributed by atoms with Gasteiger partial charge in [0, 0.05) is 6.92 Å². The number of carbonyl (C=O) groups is 2. The van der Waals surface area contributed by atoms with Crippen LogP contribution in [0.25, 0.3) is 0 Å². The van der Waals surface area contributed by atoms with E-state index in [4.69, 9.17) is 15.2 Å². The van der Waals surface area contributed by atoms with Crippen LogP contribution in [0.5, 0.6) is 11.5 Å². The van der Waals surface area contributed by atoms with Crippen molar-refractivity contribution in [3.63, 3.8) is 0 Å². The Labute approximate surface area is 128 Å². The fraction of sp³-hybridized carbons (Fsp3) is 0.467. The van der Waals surface area contributed by atoms with Gasteiger partial charge in [-0.2, -0.15) is 0 Å². The monoisotopic (exact) mass is 311 g/mol. The zero-order chi connectivity index (χ0) is 16.9. The second kappa shape index (κ2) is 7.65. The van der Waals surface area contributed by atoms with Gasteiger partial charge in [0.2, 0.25) is 0 Å². The number of nitrogens with two attached hydrogens (primary N) is 1. The molecular weight excluding hydrogens is 290 g/mol. The van der Waals surface area contributed by atoms with Gasteiger partial charge < -0.3 is 25.4 Å². The molecule has 22 heavy (non-hydrogen) atoms. The summed E-state index contributed by atoms with van der Waals surface area (Å²) >= 11 is 0. The van der Waals surface area contributed by atoms with E-state index in [-0.39, 0.29) is 17.9 Å². The molecular formula is C15H21NO6. The molecule has 3 atom stereocenters. The minimum Gasteiger partial charge on any atom is -0.504 e. The number of carbonyl (C=O) groups excluding carboxylic acids is 2. The number of esters is 2. The minimum absolute atomic E-state index is 0.140. The van der Waals surface area contributed by atoms with Crippen molar-refractivity contribution in [2.75, 3.05) is 0 Å². The van der Waals surface area contributed by atoms with Crippen molar-refractivity contribution in [2.45, 2.75) is 45.4 Å². The van der Waals surface area contributed by atoms with Crippen molar-refractivity contribution >= 4 is 11.9 Å². The second-order valence-corrected chi connectivity index (χ2v) is 5.09. The van der Waals surface area contributed by atoms with Crippen LogP contribution in [-0.4, -0.2) is 40.4 Å². The maximum absolute atomic E-state index is 11.9. The fourth-order valence-electron chi connectivity index (χ4n) is 1.76. The quantitative estimate of drug-likeness (QED) is 0.526. The van der Waals surface area contributed by atoms with Crippen LogP contribution in [-0.2, 0) is 25.5 Å². The molecule has 4 N–H and O–H groups in total. The van der Waals surface area contributed by atoms with E-state index in [0.29, 0.717) is 5.56 Å². The molecule has 0 aliphatic carbocycles. The van der Waals surface area contributed by atoms with Crippen LogP contribution < -0.4 is 5.73 Å². The minimum atomic E-state index is -0.934. The SMILES string of the molecule is CC(=O)O[C@@H](C)[C@@H](C)OC(=O)[C@@H](N)Cc1ccc(O)c(O)c1. The molecule has 0 unspecified atom stereocenters. The molecule has 1 rings (SSSR count). The lowest BCUT2D eigenvalue weighted by molar-refractivity contribution is -0.164. The van der Waals surface area contributed by atoms with Gasteiger partial charge in [0.05, 0.1) is 0 Å². The summed E-state index contributed by atoms with van der Waals surface area (Å²) in [6, 6.07) is 3.25. The van der Waals surface area contributed by atoms with Crippen molar-refractivity contribution in [3.8, 4) is 11.5 Å². The zero-order valence-corrected chi connectivity index (χ0v) is 12.8. The van der Waals surface area contributed by atoms with Crippen LogP contribution in [0.1, 0.15) is 26.3 Å². The van der Waals surface area contributed by atoms with Crippen molar-refractivity contribution in [2.24, 2.45) is 5.73 Å². The van der Waals surface area contributed by atoms with Crippen molar-refractivity contribution in [1.29, 1.82) is 0 Å². The molecule has 7 nitrogen and oxygen atoms in total. The first kappa shape index (κ1) is 17.8. The Morgan fingerprint density at radius 3 is 2.27 bits per heavy atom. The summed E-state index contributed by atoms with van der Waals surface area (Å²) in [5.74, 6) is -1.63. The smallest absolute Gasteiger partial charge is 0.323 e. The first-order valence-corrected chi connectivity index (χ1v) is 6.84. The Bertz CT molecular complexity index is 545. The van der Waals surface area contributed by atoms with E-state index in [1.807, 2.05) is 0 Å². The van der Waals surface area contributed by atoms with Crippen LogP contribution in [0.3, 0.4) is 0 Å². The highest BCUT2D eigenvalue weighted by molar-refractivity contribution is 5.76. The third-order valence-electron chi connectivity index (χ3n) is 3.11. The van der Waals surface area contributed by atoms with Crippen LogP contribution >= 0.6 is 0 Å². The molecule has 0 bridgehead atoms. The van der Waals surface area contributed by atoms with Crippen molar-refractivity contribution in [1.82, 2.24) is 0 Å². The predicted octanol–water partition coefficient (Wildman–Crippen LogP) is 0.851. The number of ether oxygens (including phenoxy) is 2. The Morgan fingerprint density at radius 1 is 1.14 bits per heavy atom. The molecule has 1 aromatic carbocycles. The molecule has 0 heterocycles. The van der Waals surface area contributed by atoms with E-state index in [2.05, 4.69) is 0 Å². The van der Waals surface area contributed by atoms with Crippen LogP contribution in [0.4, 0.5) is 0 Å². The van der Waals surface area contributed by atoms with Crippen molar-refractivity contribution in [3.05, 3.63) is 23.8 Å². The number of phenolic OH excluding ortho intramolecular Hbond substituents is 2. The summed E-state index contributed by atoms with van der Waals surface area (Å²) < 4.78 is 10.1. The fourth-order valence-corrected chi connectivity index (χ4v) is 1.76. The summed E-state index contributed by atoms with van der Waals surface area (Å²) in [6.45, 7) is 4.49. The molecule has 0 radical (unpaired) electrons. The zero-order valence-electron chi connectivity index (χ0n) is 12.8. The molecule has 7 heteroatoms. The standard InChI is InChI=1S/C15H21NO6/c1-8(21-10(3)17)9(2)22-15(20)12(16)6-11-4-5-13(18)14(19)7-11/h4-5,7-9,12,18-19H,6,16H2,1-3H3/t8-,9+,12-/m0/s1. The van der Waals surface area contributed by atoms with E-state index in [9.17, 15) is 19.8 Å². The van der Waals surface area contributed by atoms with Gasteiger partial charge in [-0.1, -0.05) is 6.07 Å². The van der Waals surface area contributed by atoms with E-state index in [1.165, 1.54) is 19.1 Å². The molecule has 0 fully saturated rings. The molecule has 122 valence electrons. The Hall–Kier alpha value is -2.28. The van der Waals surface area contributed by atoms with Gasteiger partial charge in [-0.3, -0.25) is 9.59 Å². The summed E-state index contributed by atoms with van der Waals surface area (Å²) in [6.07, 6.45) is -1.07. The molecule has 0 aliphatic rings. The van der Waals surface area contributed by atoms with E-state index in [0.717, 1.165) is 0 Å². The third kappa shape index (κ3) is 5.25. The highest BCUT2D eigenvalue weighted by Crippen LogP contribution is 2.25. The van der Waals surface area contributed by atoms with Gasteiger partial charge in [-0.05, 0) is 38.0 Å². The van der Waals surface area contributed by atoms with Crippen LogP contribution in [0.2, 0.25) is 0 Å². The highest BCUT2D eigenvalue weighted by Gasteiger charge is 2.23. The molecule has 1 aromatic rings. The molecule has 0 aliphatic heterocycles. The highest BCUT2D eigenvalue weighted by atomic mass is 16.6. The molecule has 0 saturated heterocycles. The molecule has 0 spiro atoms. The van der Waals surface area contributed by atoms with E-state index in [1.54, 1.807) is 19.9 Å². The number of hydrogen-bond donors (Lipinski definition) is 3. The molecule has 0 saturated carbocycles. The number of benzene rings is 1. The van der Waals surface area contributed by atoms with Gasteiger partial charge in [0.1, 0.15) is 18.2 Å². The normalized spacial score (nSPS) is 14.7. The average molecular weight is 311 g/mol. The summed E-state index contributed by atoms with van der Waals surface area (Å²) in [4.78, 5) is 22.7. The number of hydrogen-bond acceptors (Lipinski definition) is 7. The second-order valence-electron chi connectivity index (χ2n) is 5.09. The Kier molecular flexibility index (Phi) is 6.18. The molecule has 0 amide bonds. The van der Waals surface area contributed by atoms with Gasteiger partial charge in [-0.15, -0.1) is 0 Å². The first-order valence-electron chi connectivity index (χ1n) is 6.84. The van der Waals surface area contributed by atoms with E-state index < -0.39 is 30.2 Å². The van der Waals surface area contributed by atoms with E-state index >= 15 is 0 Å². The van der Waals surface area contributed by atoms with Gasteiger partial charge >= 0.3 is 11.9 Å². The lowest BCUT2D eigenvalue weighted by Crippen LogP contribution is -2.39. The van der Waals surface area contributed by atoms with Gasteiger partial charge in [0.25, 0.3) is 0 Å². The number of phenols is 2. The van der Waals surface area contributed by atoms with Crippen LogP contribution in [0.15, 0.2) is 18.2 Å². The lowest BCUT2D eigenvalue weighted by atomic mass is 10.1. The summed E-state index contributed by atoms with van der Waals surface area (Å²) in [5.41, 5.74) is 6.34. The number of rotatable bonds is 6. The average Bonchev–Trinajstić information content (AvgIpc) is 2.41. The maximum Gasteiger partial charge on any atom is 0.323 e. The lowest BCUT2D eigenvalue weighted by Gasteiger charge is -2.22. The largest absolute Gasteiger partial charge is 0.504 e. The molecule has 0 aromatic heterocycles. The van der Waals surface area contributed by atoms with Crippen molar-refractivity contribution < 1.29 is 29.3 Å². The van der Waals surface area contributed by atoms with Gasteiger partial charge in [-0.25, -0.2) is 0 Å². The van der Waals surface area contributed by atoms with Crippen LogP contribution in [0, 0.1) is 0 Å². The maximum atomic E-state index is 11.9. The topological polar surface area (TPSA) is 119 Å². The first-order chi connectivity index (χ1) is 10.2. The Balaban J connectivity index is 2.57. The third-order valence-corrected chi connectivity index (χ3v) is 3.11. The number of aromatic hydroxyl groups is 2. The summed E-state index contributed by atoms with van der Waals surface area (Å²) in [7, 11) is 0. The summed E-state index contributed by atoms with van der Waals surface area (Å²) in [5, 5.41) is 18.6. The van der Waals surface area contributed by atoms with Gasteiger partial charge in [0.15, 0.2) is 11.5 Å². The predicted molar refractivity (Wildman–Crippen MR) is 78.2 cm³/mol. The Morgan fingerprint density at radius 2 is 1.73 bits per heavy atom.